The van der Waals surface area contributed by atoms with E-state index in [1.807, 2.05) is 32.9 Å². The minimum Gasteiger partial charge on any atom is -0.467 e. The van der Waals surface area contributed by atoms with Crippen LogP contribution in [-0.4, -0.2) is 28.5 Å². The topological polar surface area (TPSA) is 64.1 Å². The third-order valence-corrected chi connectivity index (χ3v) is 3.56. The summed E-state index contributed by atoms with van der Waals surface area (Å²) in [4.78, 5) is 20.5. The summed E-state index contributed by atoms with van der Waals surface area (Å²) in [5, 5.41) is 3.50. The first-order valence-electron chi connectivity index (χ1n) is 7.51. The molecule has 0 radical (unpaired) electrons. The smallest absolute Gasteiger partial charge is 0.258 e. The van der Waals surface area contributed by atoms with E-state index in [1.54, 1.807) is 18.2 Å². The van der Waals surface area contributed by atoms with Crippen molar-refractivity contribution in [3.05, 3.63) is 41.0 Å². The number of ether oxygens (including phenoxy) is 1. The van der Waals surface area contributed by atoms with Crippen LogP contribution in [0.1, 0.15) is 26.0 Å². The van der Waals surface area contributed by atoms with Gasteiger partial charge in [-0.1, -0.05) is 18.5 Å². The van der Waals surface area contributed by atoms with Crippen LogP contribution in [0.5, 0.6) is 5.88 Å². The van der Waals surface area contributed by atoms with Gasteiger partial charge in [0.05, 0.1) is 0 Å². The third kappa shape index (κ3) is 5.21. The van der Waals surface area contributed by atoms with Crippen LogP contribution in [0, 0.1) is 6.92 Å². The fourth-order valence-corrected chi connectivity index (χ4v) is 2.03. The number of amides is 1. The van der Waals surface area contributed by atoms with Crippen molar-refractivity contribution in [2.45, 2.75) is 33.2 Å². The van der Waals surface area contributed by atoms with E-state index in [0.717, 1.165) is 17.7 Å². The Balaban J connectivity index is 2.08. The molecule has 23 heavy (non-hydrogen) atoms. The molecule has 1 heterocycles. The second kappa shape index (κ2) is 7.92. The maximum Gasteiger partial charge on any atom is 0.258 e. The van der Waals surface area contributed by atoms with Gasteiger partial charge in [-0.25, -0.2) is 4.98 Å². The number of hydrogen-bond acceptors (Lipinski definition) is 4. The van der Waals surface area contributed by atoms with E-state index in [4.69, 9.17) is 16.3 Å². The first-order chi connectivity index (χ1) is 11.0. The Hall–Kier alpha value is -2.14. The molecule has 1 amide bonds. The molecule has 0 saturated carbocycles. The van der Waals surface area contributed by atoms with Gasteiger partial charge < -0.3 is 10.1 Å². The molecule has 0 aliphatic rings. The monoisotopic (exact) mass is 333 g/mol. The molecular formula is C17H20ClN3O2. The number of halogens is 1. The van der Waals surface area contributed by atoms with Crippen molar-refractivity contribution >= 4 is 17.5 Å². The lowest BCUT2D eigenvalue weighted by Gasteiger charge is -2.12. The van der Waals surface area contributed by atoms with Crippen molar-refractivity contribution in [1.29, 1.82) is 0 Å². The first kappa shape index (κ1) is 17.2. The van der Waals surface area contributed by atoms with Gasteiger partial charge in [0.25, 0.3) is 5.91 Å². The molecular weight excluding hydrogens is 314 g/mol. The quantitative estimate of drug-likeness (QED) is 0.880. The van der Waals surface area contributed by atoms with Crippen LogP contribution in [0.2, 0.25) is 5.02 Å². The van der Waals surface area contributed by atoms with Gasteiger partial charge in [0.2, 0.25) is 5.88 Å². The van der Waals surface area contributed by atoms with Gasteiger partial charge >= 0.3 is 0 Å². The lowest BCUT2D eigenvalue weighted by Crippen LogP contribution is -2.35. The van der Waals surface area contributed by atoms with E-state index in [2.05, 4.69) is 15.3 Å². The summed E-state index contributed by atoms with van der Waals surface area (Å²) >= 11 is 5.89. The molecule has 0 aliphatic carbocycles. The van der Waals surface area contributed by atoms with Crippen LogP contribution in [0.25, 0.3) is 11.4 Å². The summed E-state index contributed by atoms with van der Waals surface area (Å²) in [6, 6.07) is 9.08. The zero-order valence-electron chi connectivity index (χ0n) is 13.5. The van der Waals surface area contributed by atoms with Crippen LogP contribution in [-0.2, 0) is 4.79 Å². The van der Waals surface area contributed by atoms with Gasteiger partial charge in [0, 0.05) is 28.4 Å². The van der Waals surface area contributed by atoms with Crippen LogP contribution >= 0.6 is 11.6 Å². The molecule has 2 rings (SSSR count). The number of benzene rings is 1. The Kier molecular flexibility index (Phi) is 5.93. The fraction of sp³-hybridized carbons (Fsp3) is 0.353. The molecule has 0 spiro atoms. The maximum atomic E-state index is 11.8. The molecule has 1 aromatic heterocycles. The summed E-state index contributed by atoms with van der Waals surface area (Å²) in [5.41, 5.74) is 1.61. The van der Waals surface area contributed by atoms with Crippen molar-refractivity contribution in [2.75, 3.05) is 6.61 Å². The van der Waals surface area contributed by atoms with Gasteiger partial charge in [-0.15, -0.1) is 0 Å². The van der Waals surface area contributed by atoms with Gasteiger partial charge in [-0.2, -0.15) is 4.98 Å². The highest BCUT2D eigenvalue weighted by atomic mass is 35.5. The lowest BCUT2D eigenvalue weighted by atomic mass is 10.2. The highest BCUT2D eigenvalue weighted by Gasteiger charge is 2.09. The van der Waals surface area contributed by atoms with Gasteiger partial charge in [-0.05, 0) is 44.5 Å². The minimum absolute atomic E-state index is 0.0686. The largest absolute Gasteiger partial charge is 0.467 e. The predicted octanol–water partition coefficient (Wildman–Crippen LogP) is 3.40. The van der Waals surface area contributed by atoms with Crippen LogP contribution in [0.4, 0.5) is 0 Å². The van der Waals surface area contributed by atoms with Crippen molar-refractivity contribution in [3.63, 3.8) is 0 Å². The van der Waals surface area contributed by atoms with Crippen LogP contribution in [0.15, 0.2) is 30.3 Å². The molecule has 0 saturated heterocycles. The van der Waals surface area contributed by atoms with Crippen molar-refractivity contribution in [2.24, 2.45) is 0 Å². The van der Waals surface area contributed by atoms with E-state index in [0.29, 0.717) is 16.7 Å². The molecule has 122 valence electrons. The molecule has 5 nitrogen and oxygen atoms in total. The number of nitrogens with one attached hydrogen (secondary N) is 1. The third-order valence-electron chi connectivity index (χ3n) is 3.30. The number of hydrogen-bond donors (Lipinski definition) is 1. The number of rotatable bonds is 6. The molecule has 0 aliphatic heterocycles. The Morgan fingerprint density at radius 1 is 1.30 bits per heavy atom. The Bertz CT molecular complexity index is 674. The van der Waals surface area contributed by atoms with Gasteiger partial charge in [0.1, 0.15) is 0 Å². The average Bonchev–Trinajstić information content (AvgIpc) is 2.53. The molecule has 1 aromatic carbocycles. The lowest BCUT2D eigenvalue weighted by molar-refractivity contribution is -0.123. The highest BCUT2D eigenvalue weighted by molar-refractivity contribution is 6.30. The van der Waals surface area contributed by atoms with Crippen LogP contribution < -0.4 is 10.1 Å². The normalized spacial score (nSPS) is 11.8. The average molecular weight is 334 g/mol. The number of nitrogens with zero attached hydrogens (tertiary/aromatic N) is 2. The standard InChI is InChI=1S/C17H20ClN3O2/c1-4-11(2)19-15(22)10-23-16-9-12(3)20-17(21-16)13-5-7-14(18)8-6-13/h5-9,11H,4,10H2,1-3H3,(H,19,22)/t11-/m1/s1. The number of aromatic nitrogens is 2. The second-order valence-electron chi connectivity index (χ2n) is 5.34. The van der Waals surface area contributed by atoms with Crippen molar-refractivity contribution in [1.82, 2.24) is 15.3 Å². The highest BCUT2D eigenvalue weighted by Crippen LogP contribution is 2.21. The molecule has 0 unspecified atom stereocenters. The predicted molar refractivity (Wildman–Crippen MR) is 90.6 cm³/mol. The number of carbonyl (C=O) groups is 1. The summed E-state index contributed by atoms with van der Waals surface area (Å²) in [7, 11) is 0. The maximum absolute atomic E-state index is 11.8. The Labute approximate surface area is 141 Å². The summed E-state index contributed by atoms with van der Waals surface area (Å²) in [6.45, 7) is 5.75. The summed E-state index contributed by atoms with van der Waals surface area (Å²) in [5.74, 6) is 0.754. The van der Waals surface area contributed by atoms with Crippen molar-refractivity contribution < 1.29 is 9.53 Å². The first-order valence-corrected chi connectivity index (χ1v) is 7.89. The zero-order valence-corrected chi connectivity index (χ0v) is 14.2. The summed E-state index contributed by atoms with van der Waals surface area (Å²) in [6.07, 6.45) is 0.874. The molecule has 2 aromatic rings. The fourth-order valence-electron chi connectivity index (χ4n) is 1.90. The van der Waals surface area contributed by atoms with E-state index in [9.17, 15) is 4.79 Å². The molecule has 6 heteroatoms. The molecule has 1 N–H and O–H groups in total. The SMILES string of the molecule is CC[C@@H](C)NC(=O)COc1cc(C)nc(-c2ccc(Cl)cc2)n1. The molecule has 0 bridgehead atoms. The van der Waals surface area contributed by atoms with E-state index in [1.165, 1.54) is 0 Å². The van der Waals surface area contributed by atoms with E-state index >= 15 is 0 Å². The zero-order chi connectivity index (χ0) is 16.8. The van der Waals surface area contributed by atoms with E-state index in [-0.39, 0.29) is 18.6 Å². The Morgan fingerprint density at radius 2 is 2.00 bits per heavy atom. The summed E-state index contributed by atoms with van der Waals surface area (Å²) < 4.78 is 5.49. The molecule has 0 fully saturated rings. The number of carbonyl (C=O) groups excluding carboxylic acids is 1. The van der Waals surface area contributed by atoms with E-state index < -0.39 is 0 Å². The second-order valence-corrected chi connectivity index (χ2v) is 5.78. The van der Waals surface area contributed by atoms with Gasteiger partial charge in [0.15, 0.2) is 12.4 Å². The van der Waals surface area contributed by atoms with Crippen molar-refractivity contribution in [3.8, 4) is 17.3 Å². The number of aryl methyl sites for hydroxylation is 1. The Morgan fingerprint density at radius 3 is 2.65 bits per heavy atom. The molecule has 1 atom stereocenters. The van der Waals surface area contributed by atoms with Crippen LogP contribution in [0.3, 0.4) is 0 Å². The minimum atomic E-state index is -0.163. The van der Waals surface area contributed by atoms with Gasteiger partial charge in [-0.3, -0.25) is 4.79 Å².